The highest BCUT2D eigenvalue weighted by atomic mass is 32.1. The number of benzene rings is 2. The van der Waals surface area contributed by atoms with Crippen LogP contribution in [0.15, 0.2) is 72.6 Å². The van der Waals surface area contributed by atoms with E-state index < -0.39 is 17.9 Å². The van der Waals surface area contributed by atoms with Crippen molar-refractivity contribution in [2.24, 2.45) is 5.92 Å². The number of imidazole rings is 1. The van der Waals surface area contributed by atoms with Gasteiger partial charge in [-0.25, -0.2) is 19.3 Å². The summed E-state index contributed by atoms with van der Waals surface area (Å²) in [5, 5.41) is 21.6. The Morgan fingerprint density at radius 2 is 1.74 bits per heavy atom. The van der Waals surface area contributed by atoms with Crippen LogP contribution in [-0.4, -0.2) is 145 Å². The predicted molar refractivity (Wildman–Crippen MR) is 285 cm³/mol. The van der Waals surface area contributed by atoms with Crippen molar-refractivity contribution < 1.29 is 33.1 Å². The van der Waals surface area contributed by atoms with Crippen molar-refractivity contribution in [2.75, 3.05) is 64.8 Å². The van der Waals surface area contributed by atoms with Crippen LogP contribution in [0.2, 0.25) is 0 Å². The van der Waals surface area contributed by atoms with Gasteiger partial charge in [-0.2, -0.15) is 5.10 Å². The molecule has 10 rings (SSSR count). The van der Waals surface area contributed by atoms with E-state index in [4.69, 9.17) is 14.7 Å². The topological polar surface area (TPSA) is 224 Å². The molecule has 4 amide bonds. The fraction of sp³-hybridized carbons (Fsp3) is 0.473. The van der Waals surface area contributed by atoms with Gasteiger partial charge >= 0.3 is 0 Å². The number of unbranched alkanes of at least 4 members (excludes halogenated alkanes) is 1. The van der Waals surface area contributed by atoms with Gasteiger partial charge in [-0.1, -0.05) is 31.4 Å². The number of hydrogen-bond acceptors (Lipinski definition) is 14. The molecular weight excluding hydrogens is 990 g/mol. The molecule has 19 nitrogen and oxygen atoms in total. The van der Waals surface area contributed by atoms with Gasteiger partial charge in [0.1, 0.15) is 28.3 Å². The van der Waals surface area contributed by atoms with E-state index in [9.17, 15) is 24.0 Å². The number of likely N-dealkylation sites (N-methyl/N-ethyl adjacent to an activating group) is 1. The van der Waals surface area contributed by atoms with Gasteiger partial charge < -0.3 is 35.8 Å². The third-order valence-electron chi connectivity index (χ3n) is 15.1. The molecule has 1 unspecified atom stereocenters. The van der Waals surface area contributed by atoms with Crippen molar-refractivity contribution in [1.82, 2.24) is 60.2 Å². The molecular formula is C55H66FN13O6S. The third kappa shape index (κ3) is 12.1. The van der Waals surface area contributed by atoms with Crippen LogP contribution in [0, 0.1) is 11.7 Å². The summed E-state index contributed by atoms with van der Waals surface area (Å²) in [5.41, 5.74) is 4.34. The summed E-state index contributed by atoms with van der Waals surface area (Å²) < 4.78 is 23.6. The van der Waals surface area contributed by atoms with Crippen LogP contribution in [-0.2, 0) is 14.4 Å². The lowest BCUT2D eigenvalue weighted by Crippen LogP contribution is -2.55. The van der Waals surface area contributed by atoms with Crippen molar-refractivity contribution >= 4 is 57.9 Å². The number of ketones is 1. The molecule has 4 aliphatic rings. The fourth-order valence-corrected chi connectivity index (χ4v) is 11.4. The number of rotatable bonds is 21. The molecule has 0 bridgehead atoms. The SMILES string of the molecule is CN[C@@H](C)C(=O)NC(C(=O)N1CCC[C@H]1c1nc(C(=O)c2cccc(OCCCCNC(=O)CN3CCN(C(=O)c4ccc(Nc5nc(C6CC6)cn6c(-c7cn[nH]c7)cnc56)c(F)c4)CC3)c2)cs1)C1CCCCC1. The molecule has 21 heteroatoms. The summed E-state index contributed by atoms with van der Waals surface area (Å²) >= 11 is 1.38. The minimum absolute atomic E-state index is 0.0700. The van der Waals surface area contributed by atoms with E-state index >= 15 is 4.39 Å². The highest BCUT2D eigenvalue weighted by Gasteiger charge is 2.40. The second kappa shape index (κ2) is 23.8. The number of ether oxygens (including phenoxy) is 1. The van der Waals surface area contributed by atoms with E-state index in [1.807, 2.05) is 20.4 Å². The Morgan fingerprint density at radius 1 is 0.908 bits per heavy atom. The first kappa shape index (κ1) is 52.3. The summed E-state index contributed by atoms with van der Waals surface area (Å²) in [6.07, 6.45) is 17.3. The average molecular weight is 1060 g/mol. The molecule has 2 aromatic carbocycles. The first-order valence-electron chi connectivity index (χ1n) is 26.7. The second-order valence-corrected chi connectivity index (χ2v) is 21.3. The van der Waals surface area contributed by atoms with Crippen molar-refractivity contribution in [2.45, 2.75) is 102 Å². The number of anilines is 2. The number of nitrogens with zero attached hydrogens (tertiary/aromatic N) is 8. The Kier molecular flexibility index (Phi) is 16.4. The Balaban J connectivity index is 0.641. The number of hydrogen-bond donors (Lipinski definition) is 5. The van der Waals surface area contributed by atoms with Gasteiger partial charge in [-0.15, -0.1) is 11.3 Å². The fourth-order valence-electron chi connectivity index (χ4n) is 10.5. The molecule has 0 radical (unpaired) electrons. The zero-order valence-electron chi connectivity index (χ0n) is 43.1. The maximum absolute atomic E-state index is 15.7. The zero-order chi connectivity index (χ0) is 52.7. The predicted octanol–water partition coefficient (Wildman–Crippen LogP) is 6.64. The molecule has 3 atom stereocenters. The van der Waals surface area contributed by atoms with Gasteiger partial charge in [0, 0.05) is 79.7 Å². The minimum Gasteiger partial charge on any atom is -0.494 e. The second-order valence-electron chi connectivity index (χ2n) is 20.4. The van der Waals surface area contributed by atoms with Crippen molar-refractivity contribution in [1.29, 1.82) is 0 Å². The first-order valence-corrected chi connectivity index (χ1v) is 27.6. The number of thiazole rings is 1. The number of H-pyrrole nitrogens is 1. The van der Waals surface area contributed by atoms with Crippen LogP contribution in [0.4, 0.5) is 15.9 Å². The van der Waals surface area contributed by atoms with Crippen molar-refractivity contribution in [3.8, 4) is 17.0 Å². The van der Waals surface area contributed by atoms with Crippen LogP contribution in [0.5, 0.6) is 5.75 Å². The number of amides is 4. The number of piperazine rings is 1. The zero-order valence-corrected chi connectivity index (χ0v) is 43.9. The van der Waals surface area contributed by atoms with Gasteiger partial charge in [0.15, 0.2) is 11.5 Å². The molecule has 2 saturated heterocycles. The molecule has 76 heavy (non-hydrogen) atoms. The number of likely N-dealkylation sites (tertiary alicyclic amines) is 1. The van der Waals surface area contributed by atoms with Gasteiger partial charge in [-0.05, 0) is 102 Å². The monoisotopic (exact) mass is 1060 g/mol. The molecule has 6 aromatic rings. The van der Waals surface area contributed by atoms with E-state index in [0.717, 1.165) is 79.7 Å². The summed E-state index contributed by atoms with van der Waals surface area (Å²) in [6.45, 7) is 5.24. The van der Waals surface area contributed by atoms with Crippen molar-refractivity contribution in [3.05, 3.63) is 106 Å². The standard InChI is InChI=1S/C55H66FN13O6S/c1-34(57-2)52(72)65-48(36-10-4-3-5-11-36)55(74)68-20-9-14-45(68)53-64-44(33-76-53)49(71)37-12-8-13-40(26-37)75-25-7-6-19-58-47(70)32-66-21-23-67(24-22-66)54(73)38-17-18-42(41(56)27-38)62-50-51-59-30-46(39-28-60-61-29-39)69(51)31-43(63-50)35-15-16-35/h8,12-13,17-18,26-31,33-36,45,48,57H,3-7,9-11,14-16,19-25,32H2,1-2H3,(H,58,70)(H,60,61)(H,62,63)(H,65,72)/t34-,45-,48?/m0/s1. The van der Waals surface area contributed by atoms with Crippen LogP contribution >= 0.6 is 11.3 Å². The number of aromatic nitrogens is 6. The van der Waals surface area contributed by atoms with Crippen LogP contribution in [0.25, 0.3) is 16.9 Å². The lowest BCUT2D eigenvalue weighted by Gasteiger charge is -2.35. The number of carbonyl (C=O) groups is 5. The molecule has 400 valence electrons. The van der Waals surface area contributed by atoms with Crippen molar-refractivity contribution in [3.63, 3.8) is 0 Å². The van der Waals surface area contributed by atoms with Crippen LogP contribution in [0.3, 0.4) is 0 Å². The normalized spacial score (nSPS) is 18.1. The molecule has 5 N–H and O–H groups in total. The highest BCUT2D eigenvalue weighted by Crippen LogP contribution is 2.41. The highest BCUT2D eigenvalue weighted by molar-refractivity contribution is 7.10. The number of halogens is 1. The number of aromatic amines is 1. The Bertz CT molecular complexity index is 3040. The van der Waals surface area contributed by atoms with E-state index in [0.29, 0.717) is 93.1 Å². The summed E-state index contributed by atoms with van der Waals surface area (Å²) in [6, 6.07) is 10.2. The minimum atomic E-state index is -0.594. The van der Waals surface area contributed by atoms with E-state index in [-0.39, 0.29) is 59.2 Å². The third-order valence-corrected chi connectivity index (χ3v) is 16.1. The van der Waals surface area contributed by atoms with E-state index in [1.165, 1.54) is 17.4 Å². The number of carbonyl (C=O) groups excluding carboxylic acids is 5. The first-order chi connectivity index (χ1) is 37.0. The molecule has 4 aromatic heterocycles. The van der Waals surface area contributed by atoms with Crippen LogP contribution in [0.1, 0.15) is 127 Å². The molecule has 2 aliphatic heterocycles. The van der Waals surface area contributed by atoms with Gasteiger partial charge in [-0.3, -0.25) is 38.4 Å². The molecule has 2 aliphatic carbocycles. The quantitative estimate of drug-likeness (QED) is 0.0377. The van der Waals surface area contributed by atoms with Gasteiger partial charge in [0.2, 0.25) is 23.5 Å². The molecule has 0 spiro atoms. The van der Waals surface area contributed by atoms with Gasteiger partial charge in [0.25, 0.3) is 5.91 Å². The number of fused-ring (bicyclic) bond motifs is 1. The summed E-state index contributed by atoms with van der Waals surface area (Å²) in [4.78, 5) is 87.1. The maximum atomic E-state index is 15.7. The lowest BCUT2D eigenvalue weighted by molar-refractivity contribution is -0.139. The largest absolute Gasteiger partial charge is 0.494 e. The molecule has 4 fully saturated rings. The molecule has 2 saturated carbocycles. The summed E-state index contributed by atoms with van der Waals surface area (Å²) in [7, 11) is 1.73. The lowest BCUT2D eigenvalue weighted by atomic mass is 9.83. The Labute approximate surface area is 444 Å². The Morgan fingerprint density at radius 3 is 2.50 bits per heavy atom. The van der Waals surface area contributed by atoms with E-state index in [1.54, 1.807) is 79.2 Å². The smallest absolute Gasteiger partial charge is 0.254 e. The average Bonchev–Trinajstić information content (AvgIpc) is 3.93. The number of nitrogens with one attached hydrogen (secondary N) is 5. The van der Waals surface area contributed by atoms with Gasteiger partial charge in [0.05, 0.1) is 54.7 Å². The Hall–Kier alpha value is -7.10. The van der Waals surface area contributed by atoms with Crippen LogP contribution < -0.4 is 26.0 Å². The summed E-state index contributed by atoms with van der Waals surface area (Å²) in [5.74, 6) is -0.0479. The van der Waals surface area contributed by atoms with E-state index in [2.05, 4.69) is 36.4 Å². The maximum Gasteiger partial charge on any atom is 0.254 e. The molecule has 6 heterocycles.